The molecule has 0 amide bonds. The first-order chi connectivity index (χ1) is 11.6. The number of carbonyl (C=O) groups is 1. The van der Waals surface area contributed by atoms with Crippen LogP contribution in [0.4, 0.5) is 0 Å². The van der Waals surface area contributed by atoms with Gasteiger partial charge in [0, 0.05) is 31.2 Å². The molecule has 2 heterocycles. The molecule has 0 aliphatic carbocycles. The van der Waals surface area contributed by atoms with E-state index in [1.807, 2.05) is 42.3 Å². The van der Waals surface area contributed by atoms with Gasteiger partial charge in [-0.05, 0) is 32.0 Å². The number of piperidine rings is 1. The van der Waals surface area contributed by atoms with E-state index in [1.54, 1.807) is 6.26 Å². The Kier molecular flexibility index (Phi) is 6.99. The van der Waals surface area contributed by atoms with Gasteiger partial charge in [-0.15, -0.1) is 12.4 Å². The maximum atomic E-state index is 10.8. The van der Waals surface area contributed by atoms with Gasteiger partial charge in [0.05, 0.1) is 12.2 Å². The lowest BCUT2D eigenvalue weighted by Gasteiger charge is -2.35. The lowest BCUT2D eigenvalue weighted by Crippen LogP contribution is -2.44. The summed E-state index contributed by atoms with van der Waals surface area (Å²) in [5.41, 5.74) is 1.92. The van der Waals surface area contributed by atoms with Gasteiger partial charge in [-0.2, -0.15) is 0 Å². The first-order valence-corrected chi connectivity index (χ1v) is 8.26. The SMILES string of the molecule is CN(CC(=O)O)C1CCN(Cc2coc(-c3ccccc3)n2)CC1.Cl. The van der Waals surface area contributed by atoms with E-state index >= 15 is 0 Å². The maximum Gasteiger partial charge on any atom is 0.317 e. The zero-order valence-electron chi connectivity index (χ0n) is 14.3. The van der Waals surface area contributed by atoms with E-state index in [0.29, 0.717) is 11.9 Å². The van der Waals surface area contributed by atoms with Crippen LogP contribution in [0.3, 0.4) is 0 Å². The molecule has 0 spiro atoms. The molecule has 0 saturated carbocycles. The third-order valence-electron chi connectivity index (χ3n) is 4.52. The maximum absolute atomic E-state index is 10.8. The Morgan fingerprint density at radius 2 is 2.00 bits per heavy atom. The number of nitrogens with zero attached hydrogens (tertiary/aromatic N) is 3. The van der Waals surface area contributed by atoms with Gasteiger partial charge in [-0.3, -0.25) is 14.6 Å². The molecule has 0 radical (unpaired) electrons. The standard InChI is InChI=1S/C18H23N3O3.ClH/c1-20(12-17(22)23)16-7-9-21(10-8-16)11-15-13-24-18(19-15)14-5-3-2-4-6-14;/h2-6,13,16H,7-12H2,1H3,(H,22,23);1H. The fourth-order valence-electron chi connectivity index (χ4n) is 3.18. The van der Waals surface area contributed by atoms with Crippen LogP contribution in [-0.4, -0.2) is 58.6 Å². The van der Waals surface area contributed by atoms with Crippen LogP contribution in [0.2, 0.25) is 0 Å². The van der Waals surface area contributed by atoms with Gasteiger partial charge >= 0.3 is 5.97 Å². The van der Waals surface area contributed by atoms with Crippen molar-refractivity contribution in [2.24, 2.45) is 0 Å². The monoisotopic (exact) mass is 365 g/mol. The molecular weight excluding hydrogens is 342 g/mol. The van der Waals surface area contributed by atoms with Crippen LogP contribution in [-0.2, 0) is 11.3 Å². The highest BCUT2D eigenvalue weighted by atomic mass is 35.5. The summed E-state index contributed by atoms with van der Waals surface area (Å²) in [6, 6.07) is 10.2. The second-order valence-corrected chi connectivity index (χ2v) is 6.33. The highest BCUT2D eigenvalue weighted by Gasteiger charge is 2.24. The summed E-state index contributed by atoms with van der Waals surface area (Å²) in [5.74, 6) is -0.113. The summed E-state index contributed by atoms with van der Waals surface area (Å²) < 4.78 is 5.58. The average molecular weight is 366 g/mol. The summed E-state index contributed by atoms with van der Waals surface area (Å²) in [5, 5.41) is 8.89. The number of carboxylic acids is 1. The van der Waals surface area contributed by atoms with Crippen molar-refractivity contribution in [1.82, 2.24) is 14.8 Å². The van der Waals surface area contributed by atoms with E-state index in [1.165, 1.54) is 0 Å². The summed E-state index contributed by atoms with van der Waals surface area (Å²) in [6.07, 6.45) is 3.69. The van der Waals surface area contributed by atoms with Crippen molar-refractivity contribution in [2.75, 3.05) is 26.7 Å². The molecule has 1 aromatic heterocycles. The number of likely N-dealkylation sites (tertiary alicyclic amines) is 1. The Morgan fingerprint density at radius 1 is 1.32 bits per heavy atom. The highest BCUT2D eigenvalue weighted by Crippen LogP contribution is 2.21. The fourth-order valence-corrected chi connectivity index (χ4v) is 3.18. The smallest absolute Gasteiger partial charge is 0.317 e. The second-order valence-electron chi connectivity index (χ2n) is 6.33. The quantitative estimate of drug-likeness (QED) is 0.848. The molecule has 3 rings (SSSR count). The average Bonchev–Trinajstić information content (AvgIpc) is 3.04. The normalized spacial score (nSPS) is 15.9. The van der Waals surface area contributed by atoms with Crippen molar-refractivity contribution in [3.8, 4) is 11.5 Å². The van der Waals surface area contributed by atoms with Crippen LogP contribution in [0.15, 0.2) is 41.0 Å². The molecule has 25 heavy (non-hydrogen) atoms. The molecule has 1 saturated heterocycles. The van der Waals surface area contributed by atoms with E-state index in [9.17, 15) is 4.79 Å². The number of aliphatic carboxylic acids is 1. The van der Waals surface area contributed by atoms with E-state index in [0.717, 1.165) is 43.7 Å². The van der Waals surface area contributed by atoms with Crippen LogP contribution >= 0.6 is 12.4 Å². The van der Waals surface area contributed by atoms with Crippen molar-refractivity contribution in [2.45, 2.75) is 25.4 Å². The number of hydrogen-bond donors (Lipinski definition) is 1. The van der Waals surface area contributed by atoms with E-state index in [-0.39, 0.29) is 19.0 Å². The van der Waals surface area contributed by atoms with Crippen molar-refractivity contribution in [1.29, 1.82) is 0 Å². The van der Waals surface area contributed by atoms with Crippen molar-refractivity contribution < 1.29 is 14.3 Å². The Morgan fingerprint density at radius 3 is 2.64 bits per heavy atom. The molecule has 6 nitrogen and oxygen atoms in total. The minimum absolute atomic E-state index is 0. The molecule has 7 heteroatoms. The number of aromatic nitrogens is 1. The minimum atomic E-state index is -0.768. The molecule has 1 fully saturated rings. The van der Waals surface area contributed by atoms with Crippen molar-refractivity contribution >= 4 is 18.4 Å². The molecular formula is C18H24ClN3O3. The van der Waals surface area contributed by atoms with Gasteiger partial charge in [-0.25, -0.2) is 4.98 Å². The fraction of sp³-hybridized carbons (Fsp3) is 0.444. The van der Waals surface area contributed by atoms with E-state index in [4.69, 9.17) is 9.52 Å². The lowest BCUT2D eigenvalue weighted by molar-refractivity contribution is -0.138. The predicted octanol–water partition coefficient (Wildman–Crippen LogP) is 2.74. The third-order valence-corrected chi connectivity index (χ3v) is 4.52. The summed E-state index contributed by atoms with van der Waals surface area (Å²) in [6.45, 7) is 2.77. The topological polar surface area (TPSA) is 69.8 Å². The lowest BCUT2D eigenvalue weighted by atomic mass is 10.0. The number of oxazole rings is 1. The predicted molar refractivity (Wildman–Crippen MR) is 97.8 cm³/mol. The number of hydrogen-bond acceptors (Lipinski definition) is 5. The van der Waals surface area contributed by atoms with Gasteiger partial charge in [0.1, 0.15) is 6.26 Å². The number of rotatable bonds is 6. The zero-order chi connectivity index (χ0) is 16.9. The molecule has 1 N–H and O–H groups in total. The van der Waals surface area contributed by atoms with Gasteiger partial charge in [0.2, 0.25) is 5.89 Å². The van der Waals surface area contributed by atoms with Gasteiger partial charge in [0.25, 0.3) is 0 Å². The van der Waals surface area contributed by atoms with Crippen molar-refractivity contribution in [3.63, 3.8) is 0 Å². The third kappa shape index (κ3) is 5.29. The number of benzene rings is 1. The van der Waals surface area contributed by atoms with Crippen LogP contribution < -0.4 is 0 Å². The molecule has 136 valence electrons. The van der Waals surface area contributed by atoms with Gasteiger partial charge in [0.15, 0.2) is 0 Å². The Labute approximate surface area is 153 Å². The molecule has 1 aliphatic rings. The number of halogens is 1. The molecule has 0 atom stereocenters. The van der Waals surface area contributed by atoms with Crippen LogP contribution in [0, 0.1) is 0 Å². The molecule has 2 aromatic rings. The number of carboxylic acid groups (broad SMARTS) is 1. The first kappa shape index (κ1) is 19.4. The van der Waals surface area contributed by atoms with E-state index < -0.39 is 5.97 Å². The molecule has 1 aliphatic heterocycles. The highest BCUT2D eigenvalue weighted by molar-refractivity contribution is 5.85. The largest absolute Gasteiger partial charge is 0.480 e. The van der Waals surface area contributed by atoms with Gasteiger partial charge in [-0.1, -0.05) is 18.2 Å². The molecule has 0 unspecified atom stereocenters. The van der Waals surface area contributed by atoms with Crippen LogP contribution in [0.25, 0.3) is 11.5 Å². The van der Waals surface area contributed by atoms with E-state index in [2.05, 4.69) is 9.88 Å². The number of likely N-dealkylation sites (N-methyl/N-ethyl adjacent to an activating group) is 1. The minimum Gasteiger partial charge on any atom is -0.480 e. The first-order valence-electron chi connectivity index (χ1n) is 8.26. The molecule has 1 aromatic carbocycles. The van der Waals surface area contributed by atoms with Gasteiger partial charge < -0.3 is 9.52 Å². The Hall–Kier alpha value is -1.89. The molecule has 0 bridgehead atoms. The zero-order valence-corrected chi connectivity index (χ0v) is 15.1. The summed E-state index contributed by atoms with van der Waals surface area (Å²) in [7, 11) is 1.89. The van der Waals surface area contributed by atoms with Crippen LogP contribution in [0.5, 0.6) is 0 Å². The Bertz CT molecular complexity index is 669. The summed E-state index contributed by atoms with van der Waals surface area (Å²) >= 11 is 0. The second kappa shape index (κ2) is 8.99. The summed E-state index contributed by atoms with van der Waals surface area (Å²) in [4.78, 5) is 19.7. The Balaban J connectivity index is 0.00000225. The van der Waals surface area contributed by atoms with Crippen LogP contribution in [0.1, 0.15) is 18.5 Å². The van der Waals surface area contributed by atoms with Crippen molar-refractivity contribution in [3.05, 3.63) is 42.3 Å².